The number of aromatic nitrogens is 2. The van der Waals surface area contributed by atoms with Gasteiger partial charge in [-0.05, 0) is 44.9 Å². The van der Waals surface area contributed by atoms with Crippen molar-refractivity contribution in [1.29, 1.82) is 0 Å². The molecule has 1 aliphatic rings. The Bertz CT molecular complexity index is 426. The van der Waals surface area contributed by atoms with Gasteiger partial charge in [0.1, 0.15) is 0 Å². The highest BCUT2D eigenvalue weighted by atomic mass is 35.5. The lowest BCUT2D eigenvalue weighted by Gasteiger charge is -2.27. The number of aliphatic hydroxyl groups is 1. The molecule has 0 spiro atoms. The molecule has 0 aromatic carbocycles. The number of rotatable bonds is 6. The van der Waals surface area contributed by atoms with E-state index in [0.717, 1.165) is 55.1 Å². The van der Waals surface area contributed by atoms with E-state index < -0.39 is 0 Å². The lowest BCUT2D eigenvalue weighted by atomic mass is 9.88. The third-order valence-corrected chi connectivity index (χ3v) is 4.64. The van der Waals surface area contributed by atoms with Gasteiger partial charge in [-0.3, -0.25) is 4.68 Å². The number of halogens is 1. The van der Waals surface area contributed by atoms with Crippen molar-refractivity contribution in [3.05, 3.63) is 16.4 Å². The van der Waals surface area contributed by atoms with Crippen molar-refractivity contribution in [2.45, 2.75) is 65.2 Å². The van der Waals surface area contributed by atoms with Gasteiger partial charge in [0.15, 0.2) is 0 Å². The summed E-state index contributed by atoms with van der Waals surface area (Å²) in [6, 6.07) is 0. The monoisotopic (exact) mass is 300 g/mol. The molecule has 0 radical (unpaired) electrons. The third-order valence-electron chi connectivity index (χ3n) is 4.20. The Morgan fingerprint density at radius 3 is 2.55 bits per heavy atom. The van der Waals surface area contributed by atoms with E-state index in [9.17, 15) is 0 Å². The predicted octanol–water partition coefficient (Wildman–Crippen LogP) is 3.19. The molecule has 1 aromatic rings. The van der Waals surface area contributed by atoms with E-state index >= 15 is 0 Å². The van der Waals surface area contributed by atoms with Gasteiger partial charge in [-0.2, -0.15) is 5.10 Å². The van der Waals surface area contributed by atoms with Gasteiger partial charge in [-0.1, -0.05) is 18.5 Å². The van der Waals surface area contributed by atoms with Gasteiger partial charge >= 0.3 is 0 Å². The van der Waals surface area contributed by atoms with Crippen molar-refractivity contribution in [2.24, 2.45) is 5.92 Å². The van der Waals surface area contributed by atoms with Crippen molar-refractivity contribution in [3.8, 4) is 0 Å². The van der Waals surface area contributed by atoms with Gasteiger partial charge in [-0.15, -0.1) is 0 Å². The number of hydrogen-bond donors (Lipinski definition) is 1. The van der Waals surface area contributed by atoms with E-state index in [1.165, 1.54) is 0 Å². The quantitative estimate of drug-likeness (QED) is 0.877. The van der Waals surface area contributed by atoms with Crippen LogP contribution in [0.5, 0.6) is 0 Å². The van der Waals surface area contributed by atoms with Crippen LogP contribution in [-0.2, 0) is 24.3 Å². The highest BCUT2D eigenvalue weighted by molar-refractivity contribution is 6.31. The summed E-state index contributed by atoms with van der Waals surface area (Å²) in [5, 5.41) is 14.4. The summed E-state index contributed by atoms with van der Waals surface area (Å²) in [5.74, 6) is 0.464. The Hall–Kier alpha value is -0.580. The Morgan fingerprint density at radius 1 is 1.30 bits per heavy atom. The second kappa shape index (κ2) is 7.43. The van der Waals surface area contributed by atoms with E-state index in [1.54, 1.807) is 0 Å². The second-order valence-corrected chi connectivity index (χ2v) is 5.89. The van der Waals surface area contributed by atoms with Gasteiger partial charge in [0, 0.05) is 13.2 Å². The van der Waals surface area contributed by atoms with Crippen molar-refractivity contribution in [2.75, 3.05) is 6.61 Å². The average Bonchev–Trinajstić information content (AvgIpc) is 2.81. The Morgan fingerprint density at radius 2 is 2.00 bits per heavy atom. The zero-order valence-electron chi connectivity index (χ0n) is 12.4. The molecule has 0 unspecified atom stereocenters. The Balaban J connectivity index is 1.92. The fourth-order valence-electron chi connectivity index (χ4n) is 2.83. The molecule has 1 saturated carbocycles. The summed E-state index contributed by atoms with van der Waals surface area (Å²) < 4.78 is 7.96. The van der Waals surface area contributed by atoms with Crippen LogP contribution in [0.15, 0.2) is 0 Å². The molecule has 0 bridgehead atoms. The van der Waals surface area contributed by atoms with Gasteiger partial charge < -0.3 is 9.84 Å². The van der Waals surface area contributed by atoms with E-state index in [0.29, 0.717) is 25.2 Å². The van der Waals surface area contributed by atoms with Crippen LogP contribution in [0.3, 0.4) is 0 Å². The largest absolute Gasteiger partial charge is 0.396 e. The van der Waals surface area contributed by atoms with Crippen LogP contribution in [-0.4, -0.2) is 27.6 Å². The molecule has 1 N–H and O–H groups in total. The van der Waals surface area contributed by atoms with Gasteiger partial charge in [-0.25, -0.2) is 0 Å². The van der Waals surface area contributed by atoms with Crippen LogP contribution in [0.25, 0.3) is 0 Å². The van der Waals surface area contributed by atoms with Crippen molar-refractivity contribution in [3.63, 3.8) is 0 Å². The first-order valence-electron chi connectivity index (χ1n) is 7.66. The van der Waals surface area contributed by atoms with Crippen molar-refractivity contribution in [1.82, 2.24) is 9.78 Å². The molecule has 4 nitrogen and oxygen atoms in total. The Kier molecular flexibility index (Phi) is 5.87. The fourth-order valence-corrected chi connectivity index (χ4v) is 3.16. The minimum Gasteiger partial charge on any atom is -0.396 e. The maximum Gasteiger partial charge on any atom is 0.0903 e. The number of hydrogen-bond acceptors (Lipinski definition) is 3. The van der Waals surface area contributed by atoms with Crippen LogP contribution in [0, 0.1) is 5.92 Å². The first-order valence-corrected chi connectivity index (χ1v) is 8.03. The molecular formula is C15H25ClN2O2. The summed E-state index contributed by atoms with van der Waals surface area (Å²) in [7, 11) is 0. The van der Waals surface area contributed by atoms with Gasteiger partial charge in [0.25, 0.3) is 0 Å². The lowest BCUT2D eigenvalue weighted by Crippen LogP contribution is -2.23. The average molecular weight is 301 g/mol. The SMILES string of the molecule is CCc1nn(CC)c(COC2CCC(CO)CC2)c1Cl. The molecule has 1 heterocycles. The molecular weight excluding hydrogens is 276 g/mol. The zero-order chi connectivity index (χ0) is 14.5. The first-order chi connectivity index (χ1) is 9.69. The van der Waals surface area contributed by atoms with Crippen LogP contribution < -0.4 is 0 Å². The zero-order valence-corrected chi connectivity index (χ0v) is 13.2. The smallest absolute Gasteiger partial charge is 0.0903 e. The normalized spacial score (nSPS) is 23.2. The third kappa shape index (κ3) is 3.54. The summed E-state index contributed by atoms with van der Waals surface area (Å²) in [6.45, 7) is 5.79. The van der Waals surface area contributed by atoms with E-state index in [-0.39, 0.29) is 0 Å². The van der Waals surface area contributed by atoms with Crippen LogP contribution in [0.1, 0.15) is 50.9 Å². The molecule has 0 atom stereocenters. The number of ether oxygens (including phenoxy) is 1. The number of nitrogens with zero attached hydrogens (tertiary/aromatic N) is 2. The van der Waals surface area contributed by atoms with E-state index in [2.05, 4.69) is 18.9 Å². The maximum absolute atomic E-state index is 9.15. The molecule has 0 aliphatic heterocycles. The standard InChI is InChI=1S/C15H25ClN2O2/c1-3-13-15(16)14(18(4-2)17-13)10-20-12-7-5-11(9-19)6-8-12/h11-12,19H,3-10H2,1-2H3. The van der Waals surface area contributed by atoms with Crippen molar-refractivity contribution < 1.29 is 9.84 Å². The highest BCUT2D eigenvalue weighted by Gasteiger charge is 2.22. The maximum atomic E-state index is 9.15. The van der Waals surface area contributed by atoms with Crippen molar-refractivity contribution >= 4 is 11.6 Å². The minimum atomic E-state index is 0.291. The summed E-state index contributed by atoms with van der Waals surface area (Å²) >= 11 is 6.38. The molecule has 1 aliphatic carbocycles. The molecule has 114 valence electrons. The van der Waals surface area contributed by atoms with Crippen LogP contribution >= 0.6 is 11.6 Å². The van der Waals surface area contributed by atoms with E-state index in [1.807, 2.05) is 4.68 Å². The molecule has 0 saturated heterocycles. The van der Waals surface area contributed by atoms with Gasteiger partial charge in [0.05, 0.1) is 29.1 Å². The minimum absolute atomic E-state index is 0.291. The second-order valence-electron chi connectivity index (χ2n) is 5.51. The summed E-state index contributed by atoms with van der Waals surface area (Å²) in [5.41, 5.74) is 1.95. The summed E-state index contributed by atoms with van der Waals surface area (Å²) in [4.78, 5) is 0. The summed E-state index contributed by atoms with van der Waals surface area (Å²) in [6.07, 6.45) is 5.32. The van der Waals surface area contributed by atoms with Crippen LogP contribution in [0.4, 0.5) is 0 Å². The highest BCUT2D eigenvalue weighted by Crippen LogP contribution is 2.28. The molecule has 20 heavy (non-hydrogen) atoms. The molecule has 0 amide bonds. The number of aryl methyl sites for hydroxylation is 2. The van der Waals surface area contributed by atoms with Crippen LogP contribution in [0.2, 0.25) is 5.02 Å². The Labute approximate surface area is 126 Å². The molecule has 2 rings (SSSR count). The van der Waals surface area contributed by atoms with Gasteiger partial charge in [0.2, 0.25) is 0 Å². The van der Waals surface area contributed by atoms with E-state index in [4.69, 9.17) is 21.4 Å². The predicted molar refractivity (Wildman–Crippen MR) is 79.9 cm³/mol. The fraction of sp³-hybridized carbons (Fsp3) is 0.800. The molecule has 1 fully saturated rings. The first kappa shape index (κ1) is 15.8. The molecule has 1 aromatic heterocycles. The number of aliphatic hydroxyl groups excluding tert-OH is 1. The lowest BCUT2D eigenvalue weighted by molar-refractivity contribution is -0.00150. The molecule has 5 heteroatoms. The topological polar surface area (TPSA) is 47.3 Å².